The summed E-state index contributed by atoms with van der Waals surface area (Å²) >= 11 is 0. The Balaban J connectivity index is 2.61. The van der Waals surface area contributed by atoms with Gasteiger partial charge in [0.15, 0.2) is 0 Å². The van der Waals surface area contributed by atoms with Crippen molar-refractivity contribution < 1.29 is 4.79 Å². The van der Waals surface area contributed by atoms with E-state index in [9.17, 15) is 4.79 Å². The molecule has 1 unspecified atom stereocenters. The van der Waals surface area contributed by atoms with Gasteiger partial charge in [0.25, 0.3) is 0 Å². The lowest BCUT2D eigenvalue weighted by atomic mass is 9.89. The highest BCUT2D eigenvalue weighted by Crippen LogP contribution is 2.23. The Hall–Kier alpha value is -0.570. The summed E-state index contributed by atoms with van der Waals surface area (Å²) in [6.07, 6.45) is 2.35. The summed E-state index contributed by atoms with van der Waals surface area (Å²) < 4.78 is 0. The zero-order valence-corrected chi connectivity index (χ0v) is 9.76. The van der Waals surface area contributed by atoms with Crippen LogP contribution in [-0.2, 0) is 4.79 Å². The number of rotatable bonds is 4. The molecule has 1 rings (SSSR count). The summed E-state index contributed by atoms with van der Waals surface area (Å²) in [5.74, 6) is 0.248. The molecule has 1 N–H and O–H groups in total. The molecule has 0 aromatic carbocycles. The molecule has 14 heavy (non-hydrogen) atoms. The molecule has 3 nitrogen and oxygen atoms in total. The molecule has 1 amide bonds. The molecular formula is C11H22N2O. The Morgan fingerprint density at radius 3 is 2.64 bits per heavy atom. The van der Waals surface area contributed by atoms with Crippen molar-refractivity contribution in [3.63, 3.8) is 0 Å². The van der Waals surface area contributed by atoms with Crippen molar-refractivity contribution in [3.05, 3.63) is 0 Å². The normalized spacial score (nSPS) is 23.3. The molecule has 0 aromatic heterocycles. The van der Waals surface area contributed by atoms with Gasteiger partial charge < -0.3 is 4.90 Å². The van der Waals surface area contributed by atoms with Crippen LogP contribution >= 0.6 is 0 Å². The number of nitrogens with one attached hydrogen (secondary N) is 1. The van der Waals surface area contributed by atoms with Crippen LogP contribution in [0.15, 0.2) is 0 Å². The number of nitrogens with zero attached hydrogens (tertiary/aromatic N) is 1. The van der Waals surface area contributed by atoms with Crippen LogP contribution in [0, 0.1) is 5.41 Å². The van der Waals surface area contributed by atoms with Crippen molar-refractivity contribution in [2.24, 2.45) is 5.41 Å². The Morgan fingerprint density at radius 2 is 2.14 bits per heavy atom. The molecule has 0 aromatic rings. The van der Waals surface area contributed by atoms with Gasteiger partial charge in [0, 0.05) is 6.54 Å². The monoisotopic (exact) mass is 198 g/mol. The SMILES string of the molecule is CCC1NCC(=O)N1CC(C)(C)CC. The second-order valence-corrected chi connectivity index (χ2v) is 4.84. The second-order valence-electron chi connectivity index (χ2n) is 4.84. The van der Waals surface area contributed by atoms with Crippen molar-refractivity contribution in [3.8, 4) is 0 Å². The van der Waals surface area contributed by atoms with Gasteiger partial charge in [-0.3, -0.25) is 10.1 Å². The van der Waals surface area contributed by atoms with E-state index < -0.39 is 0 Å². The molecule has 0 saturated carbocycles. The fraction of sp³-hybridized carbons (Fsp3) is 0.909. The second kappa shape index (κ2) is 4.30. The molecular weight excluding hydrogens is 176 g/mol. The number of amides is 1. The fourth-order valence-electron chi connectivity index (χ4n) is 1.73. The van der Waals surface area contributed by atoms with Gasteiger partial charge in [-0.05, 0) is 18.3 Å². The third-order valence-electron chi connectivity index (χ3n) is 3.13. The van der Waals surface area contributed by atoms with E-state index >= 15 is 0 Å². The van der Waals surface area contributed by atoms with E-state index in [1.807, 2.05) is 4.90 Å². The van der Waals surface area contributed by atoms with E-state index in [1.54, 1.807) is 0 Å². The van der Waals surface area contributed by atoms with E-state index in [2.05, 4.69) is 33.0 Å². The Labute approximate surface area is 86.9 Å². The third-order valence-corrected chi connectivity index (χ3v) is 3.13. The van der Waals surface area contributed by atoms with Crippen LogP contribution in [-0.4, -0.2) is 30.1 Å². The summed E-state index contributed by atoms with van der Waals surface area (Å²) in [7, 11) is 0. The first kappa shape index (κ1) is 11.5. The van der Waals surface area contributed by atoms with Crippen molar-refractivity contribution >= 4 is 5.91 Å². The van der Waals surface area contributed by atoms with Gasteiger partial charge in [-0.1, -0.05) is 27.7 Å². The molecule has 1 aliphatic rings. The average Bonchev–Trinajstić information content (AvgIpc) is 2.48. The molecule has 0 aliphatic carbocycles. The summed E-state index contributed by atoms with van der Waals surface area (Å²) in [4.78, 5) is 13.6. The van der Waals surface area contributed by atoms with Crippen molar-refractivity contribution in [2.75, 3.05) is 13.1 Å². The molecule has 82 valence electrons. The summed E-state index contributed by atoms with van der Waals surface area (Å²) in [6, 6.07) is 0. The topological polar surface area (TPSA) is 32.3 Å². The highest BCUT2D eigenvalue weighted by Gasteiger charge is 2.32. The number of hydrogen-bond acceptors (Lipinski definition) is 2. The van der Waals surface area contributed by atoms with E-state index in [0.29, 0.717) is 6.54 Å². The van der Waals surface area contributed by atoms with E-state index in [1.165, 1.54) is 0 Å². The van der Waals surface area contributed by atoms with Crippen LogP contribution < -0.4 is 5.32 Å². The van der Waals surface area contributed by atoms with Gasteiger partial charge in [0.05, 0.1) is 12.7 Å². The maximum atomic E-state index is 11.6. The van der Waals surface area contributed by atoms with Crippen molar-refractivity contribution in [2.45, 2.75) is 46.7 Å². The smallest absolute Gasteiger partial charge is 0.237 e. The predicted molar refractivity (Wildman–Crippen MR) is 57.9 cm³/mol. The lowest BCUT2D eigenvalue weighted by molar-refractivity contribution is -0.129. The Morgan fingerprint density at radius 1 is 1.50 bits per heavy atom. The molecule has 0 bridgehead atoms. The van der Waals surface area contributed by atoms with Crippen LogP contribution in [0.2, 0.25) is 0 Å². The summed E-state index contributed by atoms with van der Waals surface area (Å²) in [5.41, 5.74) is 0.231. The molecule has 0 spiro atoms. The summed E-state index contributed by atoms with van der Waals surface area (Å²) in [5, 5.41) is 3.23. The van der Waals surface area contributed by atoms with Crippen LogP contribution in [0.4, 0.5) is 0 Å². The summed E-state index contributed by atoms with van der Waals surface area (Å²) in [6.45, 7) is 10.1. The minimum atomic E-state index is 0.231. The van der Waals surface area contributed by atoms with Gasteiger partial charge in [0.2, 0.25) is 5.91 Å². The quantitative estimate of drug-likeness (QED) is 0.744. The molecule has 1 aliphatic heterocycles. The first-order valence-corrected chi connectivity index (χ1v) is 5.53. The maximum Gasteiger partial charge on any atom is 0.237 e. The average molecular weight is 198 g/mol. The van der Waals surface area contributed by atoms with Crippen LogP contribution in [0.25, 0.3) is 0 Å². The van der Waals surface area contributed by atoms with Gasteiger partial charge in [-0.25, -0.2) is 0 Å². The molecule has 0 radical (unpaired) electrons. The minimum absolute atomic E-state index is 0.231. The number of hydrogen-bond donors (Lipinski definition) is 1. The third kappa shape index (κ3) is 2.47. The predicted octanol–water partition coefficient (Wildman–Crippen LogP) is 1.59. The van der Waals surface area contributed by atoms with Gasteiger partial charge in [0.1, 0.15) is 0 Å². The van der Waals surface area contributed by atoms with Crippen molar-refractivity contribution in [1.29, 1.82) is 0 Å². The zero-order chi connectivity index (χ0) is 10.8. The highest BCUT2D eigenvalue weighted by molar-refractivity contribution is 5.80. The zero-order valence-electron chi connectivity index (χ0n) is 9.76. The molecule has 1 atom stereocenters. The highest BCUT2D eigenvalue weighted by atomic mass is 16.2. The Bertz CT molecular complexity index is 213. The lowest BCUT2D eigenvalue weighted by Crippen LogP contribution is -2.42. The maximum absolute atomic E-state index is 11.6. The van der Waals surface area contributed by atoms with Crippen LogP contribution in [0.1, 0.15) is 40.5 Å². The van der Waals surface area contributed by atoms with Crippen LogP contribution in [0.5, 0.6) is 0 Å². The van der Waals surface area contributed by atoms with Crippen molar-refractivity contribution in [1.82, 2.24) is 10.2 Å². The number of carbonyl (C=O) groups is 1. The first-order chi connectivity index (χ1) is 6.50. The van der Waals surface area contributed by atoms with Crippen LogP contribution in [0.3, 0.4) is 0 Å². The minimum Gasteiger partial charge on any atom is -0.326 e. The van der Waals surface area contributed by atoms with E-state index in [0.717, 1.165) is 19.4 Å². The largest absolute Gasteiger partial charge is 0.326 e. The fourth-order valence-corrected chi connectivity index (χ4v) is 1.73. The van der Waals surface area contributed by atoms with Gasteiger partial charge in [-0.2, -0.15) is 0 Å². The van der Waals surface area contributed by atoms with Gasteiger partial charge >= 0.3 is 0 Å². The van der Waals surface area contributed by atoms with E-state index in [4.69, 9.17) is 0 Å². The molecule has 1 saturated heterocycles. The van der Waals surface area contributed by atoms with Gasteiger partial charge in [-0.15, -0.1) is 0 Å². The number of carbonyl (C=O) groups excluding carboxylic acids is 1. The molecule has 3 heteroatoms. The standard InChI is InChI=1S/C11H22N2O/c1-5-9-12-7-10(14)13(9)8-11(3,4)6-2/h9,12H,5-8H2,1-4H3. The van der Waals surface area contributed by atoms with E-state index in [-0.39, 0.29) is 17.5 Å². The molecule has 1 fully saturated rings. The lowest BCUT2D eigenvalue weighted by Gasteiger charge is -2.32. The Kier molecular flexibility index (Phi) is 3.53. The first-order valence-electron chi connectivity index (χ1n) is 5.53. The molecule has 1 heterocycles.